The molecule has 0 radical (unpaired) electrons. The number of fused-ring (bicyclic) bond motifs is 1. The first-order valence-corrected chi connectivity index (χ1v) is 12.5. The van der Waals surface area contributed by atoms with E-state index in [1.54, 1.807) is 6.07 Å². The van der Waals surface area contributed by atoms with Crippen molar-refractivity contribution < 1.29 is 14.3 Å². The zero-order chi connectivity index (χ0) is 24.0. The van der Waals surface area contributed by atoms with Gasteiger partial charge in [-0.25, -0.2) is 9.97 Å². The fourth-order valence-electron chi connectivity index (χ4n) is 5.56. The van der Waals surface area contributed by atoms with Gasteiger partial charge in [-0.2, -0.15) is 0 Å². The van der Waals surface area contributed by atoms with Crippen molar-refractivity contribution in [1.29, 1.82) is 0 Å². The van der Waals surface area contributed by atoms with Crippen molar-refractivity contribution in [2.75, 3.05) is 31.1 Å². The van der Waals surface area contributed by atoms with Gasteiger partial charge in [-0.15, -0.1) is 0 Å². The zero-order valence-corrected chi connectivity index (χ0v) is 20.8. The molecule has 8 heteroatoms. The molecule has 3 aliphatic heterocycles. The number of rotatable bonds is 2. The molecule has 7 nitrogen and oxygen atoms in total. The third-order valence-electron chi connectivity index (χ3n) is 7.42. The summed E-state index contributed by atoms with van der Waals surface area (Å²) >= 11 is 6.15. The Bertz CT molecular complexity index is 1110. The lowest BCUT2D eigenvalue weighted by Crippen LogP contribution is -2.54. The van der Waals surface area contributed by atoms with Crippen molar-refractivity contribution in [3.8, 4) is 5.75 Å². The second-order valence-corrected chi connectivity index (χ2v) is 10.5. The van der Waals surface area contributed by atoms with E-state index in [1.165, 1.54) is 0 Å². The van der Waals surface area contributed by atoms with Crippen LogP contribution in [0.4, 0.5) is 5.95 Å². The van der Waals surface area contributed by atoms with E-state index in [1.807, 2.05) is 37.8 Å². The molecule has 1 amide bonds. The molecule has 0 N–H and O–H groups in total. The number of halogens is 1. The zero-order valence-electron chi connectivity index (χ0n) is 20.1. The number of ketones is 1. The molecule has 4 heterocycles. The van der Waals surface area contributed by atoms with Gasteiger partial charge in [0, 0.05) is 61.3 Å². The van der Waals surface area contributed by atoms with Crippen LogP contribution < -0.4 is 9.64 Å². The van der Waals surface area contributed by atoms with E-state index in [-0.39, 0.29) is 17.6 Å². The van der Waals surface area contributed by atoms with Crippen LogP contribution in [0.5, 0.6) is 5.75 Å². The van der Waals surface area contributed by atoms with E-state index in [0.717, 1.165) is 48.8 Å². The number of ether oxygens (including phenoxy) is 1. The van der Waals surface area contributed by atoms with E-state index in [0.29, 0.717) is 48.7 Å². The molecule has 3 aliphatic rings. The first-order valence-electron chi connectivity index (χ1n) is 12.1. The molecule has 0 bridgehead atoms. The standard InChI is InChI=1S/C26H31ClN4O3/c1-16-12-20(27)14-21-22(32)15-26(34-23(16)21)6-10-30(11-7-26)24(33)19-4-8-31(9-5-19)25-28-17(2)13-18(3)29-25/h12-14,19H,4-11,15H2,1-3H3. The SMILES string of the molecule is Cc1cc(C)nc(N2CCC(C(=O)N3CCC4(CC3)CC(=O)c3cc(Cl)cc(C)c3O4)CC2)n1. The Hall–Kier alpha value is -2.67. The highest BCUT2D eigenvalue weighted by atomic mass is 35.5. The molecule has 1 spiro atoms. The third kappa shape index (κ3) is 4.38. The van der Waals surface area contributed by atoms with Gasteiger partial charge in [0.05, 0.1) is 12.0 Å². The molecule has 2 saturated heterocycles. The van der Waals surface area contributed by atoms with E-state index < -0.39 is 5.60 Å². The first-order chi connectivity index (χ1) is 16.2. The van der Waals surface area contributed by atoms with Crippen LogP contribution in [0.3, 0.4) is 0 Å². The molecular weight excluding hydrogens is 452 g/mol. The summed E-state index contributed by atoms with van der Waals surface area (Å²) in [5, 5.41) is 0.555. The maximum absolute atomic E-state index is 13.3. The molecule has 2 aromatic rings. The molecule has 5 rings (SSSR count). The molecular formula is C26H31ClN4O3. The summed E-state index contributed by atoms with van der Waals surface area (Å²) < 4.78 is 6.43. The molecule has 180 valence electrons. The van der Waals surface area contributed by atoms with E-state index >= 15 is 0 Å². The van der Waals surface area contributed by atoms with Gasteiger partial charge in [-0.1, -0.05) is 11.6 Å². The normalized spacial score (nSPS) is 20.3. The Morgan fingerprint density at radius 3 is 2.32 bits per heavy atom. The number of benzene rings is 1. The summed E-state index contributed by atoms with van der Waals surface area (Å²) in [5.74, 6) is 1.74. The van der Waals surface area contributed by atoms with Gasteiger partial charge in [0.15, 0.2) is 5.78 Å². The van der Waals surface area contributed by atoms with Gasteiger partial charge in [0.1, 0.15) is 11.4 Å². The van der Waals surface area contributed by atoms with Crippen LogP contribution in [0.2, 0.25) is 5.02 Å². The van der Waals surface area contributed by atoms with Crippen LogP contribution in [0.1, 0.15) is 59.4 Å². The van der Waals surface area contributed by atoms with Crippen LogP contribution in [-0.2, 0) is 4.79 Å². The third-order valence-corrected chi connectivity index (χ3v) is 7.64. The molecule has 1 aromatic carbocycles. The minimum absolute atomic E-state index is 0.0234. The highest BCUT2D eigenvalue weighted by molar-refractivity contribution is 6.31. The van der Waals surface area contributed by atoms with Crippen molar-refractivity contribution in [3.63, 3.8) is 0 Å². The average molecular weight is 483 g/mol. The Morgan fingerprint density at radius 1 is 1.03 bits per heavy atom. The molecule has 34 heavy (non-hydrogen) atoms. The molecule has 1 aromatic heterocycles. The molecule has 0 saturated carbocycles. The molecule has 2 fully saturated rings. The minimum atomic E-state index is -0.525. The topological polar surface area (TPSA) is 75.6 Å². The smallest absolute Gasteiger partial charge is 0.225 e. The second kappa shape index (κ2) is 8.84. The molecule has 0 aliphatic carbocycles. The van der Waals surface area contributed by atoms with Crippen molar-refractivity contribution in [2.24, 2.45) is 5.92 Å². The van der Waals surface area contributed by atoms with Gasteiger partial charge >= 0.3 is 0 Å². The lowest BCUT2D eigenvalue weighted by Gasteiger charge is -2.45. The van der Waals surface area contributed by atoms with E-state index in [4.69, 9.17) is 16.3 Å². The van der Waals surface area contributed by atoms with E-state index in [9.17, 15) is 9.59 Å². The number of carbonyl (C=O) groups is 2. The maximum Gasteiger partial charge on any atom is 0.225 e. The van der Waals surface area contributed by atoms with Crippen LogP contribution >= 0.6 is 11.6 Å². The second-order valence-electron chi connectivity index (χ2n) is 10.0. The number of Topliss-reactive ketones (excluding diaryl/α,β-unsaturated/α-hetero) is 1. The largest absolute Gasteiger partial charge is 0.486 e. The summed E-state index contributed by atoms with van der Waals surface area (Å²) in [5.41, 5.74) is 2.87. The van der Waals surface area contributed by atoms with Gasteiger partial charge in [-0.05, 0) is 57.4 Å². The number of hydrogen-bond acceptors (Lipinski definition) is 6. The first kappa shape index (κ1) is 23.1. The van der Waals surface area contributed by atoms with Crippen molar-refractivity contribution in [3.05, 3.63) is 45.7 Å². The number of anilines is 1. The highest BCUT2D eigenvalue weighted by Crippen LogP contribution is 2.42. The summed E-state index contributed by atoms with van der Waals surface area (Å²) in [7, 11) is 0. The van der Waals surface area contributed by atoms with Gasteiger partial charge in [0.2, 0.25) is 11.9 Å². The summed E-state index contributed by atoms with van der Waals surface area (Å²) in [6, 6.07) is 5.51. The van der Waals surface area contributed by atoms with Crippen LogP contribution in [0, 0.1) is 26.7 Å². The predicted octanol–water partition coefficient (Wildman–Crippen LogP) is 4.30. The number of piperidine rings is 2. The lowest BCUT2D eigenvalue weighted by atomic mass is 9.81. The van der Waals surface area contributed by atoms with Crippen LogP contribution in [-0.4, -0.2) is 58.3 Å². The fourth-order valence-corrected chi connectivity index (χ4v) is 5.83. The number of aromatic nitrogens is 2. The molecule has 0 atom stereocenters. The summed E-state index contributed by atoms with van der Waals surface area (Å²) in [4.78, 5) is 39.5. The number of aryl methyl sites for hydroxylation is 3. The van der Waals surface area contributed by atoms with Gasteiger partial charge < -0.3 is 14.5 Å². The maximum atomic E-state index is 13.3. The Labute approximate surface area is 205 Å². The average Bonchev–Trinajstić information content (AvgIpc) is 2.80. The van der Waals surface area contributed by atoms with Gasteiger partial charge in [0.25, 0.3) is 0 Å². The number of carbonyl (C=O) groups excluding carboxylic acids is 2. The van der Waals surface area contributed by atoms with Crippen LogP contribution in [0.25, 0.3) is 0 Å². The van der Waals surface area contributed by atoms with Gasteiger partial charge in [-0.3, -0.25) is 9.59 Å². The van der Waals surface area contributed by atoms with Crippen molar-refractivity contribution in [2.45, 2.75) is 58.5 Å². The Balaban J connectivity index is 1.19. The predicted molar refractivity (Wildman–Crippen MR) is 131 cm³/mol. The fraction of sp³-hybridized carbons (Fsp3) is 0.538. The highest BCUT2D eigenvalue weighted by Gasteiger charge is 2.45. The summed E-state index contributed by atoms with van der Waals surface area (Å²) in [6.45, 7) is 8.70. The monoisotopic (exact) mass is 482 g/mol. The quantitative estimate of drug-likeness (QED) is 0.635. The number of nitrogens with zero attached hydrogens (tertiary/aromatic N) is 4. The number of hydrogen-bond donors (Lipinski definition) is 0. The van der Waals surface area contributed by atoms with Crippen molar-refractivity contribution >= 4 is 29.2 Å². The Kier molecular flexibility index (Phi) is 6.00. The number of amides is 1. The lowest BCUT2D eigenvalue weighted by molar-refractivity contribution is -0.139. The van der Waals surface area contributed by atoms with Crippen molar-refractivity contribution in [1.82, 2.24) is 14.9 Å². The summed E-state index contributed by atoms with van der Waals surface area (Å²) in [6.07, 6.45) is 3.29. The van der Waals surface area contributed by atoms with E-state index in [2.05, 4.69) is 14.9 Å². The Morgan fingerprint density at radius 2 is 1.68 bits per heavy atom. The number of likely N-dealkylation sites (tertiary alicyclic amines) is 1. The minimum Gasteiger partial charge on any atom is -0.486 e. The molecule has 0 unspecified atom stereocenters. The van der Waals surface area contributed by atoms with Crippen LogP contribution in [0.15, 0.2) is 18.2 Å².